The fourth-order valence-corrected chi connectivity index (χ4v) is 1.96. The first-order valence-corrected chi connectivity index (χ1v) is 6.36. The average Bonchev–Trinajstić information content (AvgIpc) is 3.20. The van der Waals surface area contributed by atoms with Gasteiger partial charge < -0.3 is 15.1 Å². The Kier molecular flexibility index (Phi) is 4.16. The number of carbonyl (C=O) groups is 2. The number of aromatic carboxylic acids is 1. The molecule has 0 unspecified atom stereocenters. The van der Waals surface area contributed by atoms with E-state index in [1.54, 1.807) is 12.1 Å². The van der Waals surface area contributed by atoms with Crippen LogP contribution in [-0.2, 0) is 4.79 Å². The van der Waals surface area contributed by atoms with Gasteiger partial charge in [-0.15, -0.1) is 0 Å². The molecule has 5 heteroatoms. The normalized spacial score (nSPS) is 14.2. The number of hydrogen-bond acceptors (Lipinski definition) is 3. The largest absolute Gasteiger partial charge is 0.478 e. The average molecular weight is 263 g/mol. The summed E-state index contributed by atoms with van der Waals surface area (Å²) in [6.45, 7) is 0.120. The molecule has 1 aromatic carbocycles. The molecule has 0 saturated heterocycles. The van der Waals surface area contributed by atoms with Gasteiger partial charge in [0, 0.05) is 18.7 Å². The predicted octanol–water partition coefficient (Wildman–Crippen LogP) is 1.51. The number of benzene rings is 1. The lowest BCUT2D eigenvalue weighted by molar-refractivity contribution is -0.119. The summed E-state index contributed by atoms with van der Waals surface area (Å²) in [5.74, 6) is -0.531. The minimum absolute atomic E-state index is 0.0142. The number of aliphatic hydroxyl groups excluding tert-OH is 1. The molecule has 1 saturated carbocycles. The Labute approximate surface area is 111 Å². The summed E-state index contributed by atoms with van der Waals surface area (Å²) in [7, 11) is 0. The van der Waals surface area contributed by atoms with Crippen molar-refractivity contribution in [2.45, 2.75) is 19.3 Å². The molecular weight excluding hydrogens is 246 g/mol. The predicted molar refractivity (Wildman–Crippen MR) is 70.2 cm³/mol. The number of carbonyl (C=O) groups excluding carboxylic acids is 1. The van der Waals surface area contributed by atoms with Gasteiger partial charge in [-0.1, -0.05) is 0 Å². The summed E-state index contributed by atoms with van der Waals surface area (Å²) in [6.07, 6.45) is 2.69. The van der Waals surface area contributed by atoms with Gasteiger partial charge in [0.15, 0.2) is 0 Å². The number of carboxylic acid groups (broad SMARTS) is 1. The zero-order valence-electron chi connectivity index (χ0n) is 10.6. The number of nitrogens with zero attached hydrogens (tertiary/aromatic N) is 1. The second-order valence-electron chi connectivity index (χ2n) is 4.77. The van der Waals surface area contributed by atoms with E-state index in [2.05, 4.69) is 0 Å². The van der Waals surface area contributed by atoms with Crippen molar-refractivity contribution >= 4 is 17.6 Å². The van der Waals surface area contributed by atoms with Gasteiger partial charge in [-0.2, -0.15) is 0 Å². The van der Waals surface area contributed by atoms with Crippen LogP contribution in [0.1, 0.15) is 29.6 Å². The Morgan fingerprint density at radius 1 is 1.21 bits per heavy atom. The Morgan fingerprint density at radius 2 is 1.84 bits per heavy atom. The molecule has 2 N–H and O–H groups in total. The van der Waals surface area contributed by atoms with Gasteiger partial charge in [0.2, 0.25) is 5.91 Å². The van der Waals surface area contributed by atoms with Gasteiger partial charge in [-0.05, 0) is 43.0 Å². The molecule has 1 aromatic rings. The second kappa shape index (κ2) is 5.84. The number of hydrogen-bond donors (Lipinski definition) is 2. The maximum absolute atomic E-state index is 12.1. The van der Waals surface area contributed by atoms with Gasteiger partial charge in [0.25, 0.3) is 0 Å². The van der Waals surface area contributed by atoms with Crippen LogP contribution >= 0.6 is 0 Å². The Morgan fingerprint density at radius 3 is 2.32 bits per heavy atom. The molecule has 0 bridgehead atoms. The highest BCUT2D eigenvalue weighted by Crippen LogP contribution is 2.33. The standard InChI is InChI=1S/C14H17NO4/c16-8-7-15(13(17)9-10-1-2-10)12-5-3-11(4-6-12)14(18)19/h3-6,10,16H,1-2,7-9H2,(H,18,19). The first-order chi connectivity index (χ1) is 9.11. The summed E-state index contributed by atoms with van der Waals surface area (Å²) in [5.41, 5.74) is 0.812. The van der Waals surface area contributed by atoms with E-state index in [0.29, 0.717) is 18.0 Å². The minimum Gasteiger partial charge on any atom is -0.478 e. The van der Waals surface area contributed by atoms with Crippen LogP contribution < -0.4 is 4.90 Å². The molecule has 0 radical (unpaired) electrons. The first kappa shape index (κ1) is 13.5. The molecule has 1 amide bonds. The van der Waals surface area contributed by atoms with Crippen molar-refractivity contribution in [3.05, 3.63) is 29.8 Å². The summed E-state index contributed by atoms with van der Waals surface area (Å²) in [6, 6.07) is 6.13. The third kappa shape index (κ3) is 3.54. The lowest BCUT2D eigenvalue weighted by atomic mass is 10.1. The summed E-state index contributed by atoms with van der Waals surface area (Å²) in [4.78, 5) is 24.4. The Hall–Kier alpha value is -1.88. The third-order valence-electron chi connectivity index (χ3n) is 3.21. The Bertz CT molecular complexity index is 465. The van der Waals surface area contributed by atoms with Gasteiger partial charge >= 0.3 is 5.97 Å². The van der Waals surface area contributed by atoms with E-state index < -0.39 is 5.97 Å². The molecule has 1 fully saturated rings. The van der Waals surface area contributed by atoms with E-state index in [0.717, 1.165) is 12.8 Å². The molecule has 19 heavy (non-hydrogen) atoms. The summed E-state index contributed by atoms with van der Waals surface area (Å²) in [5, 5.41) is 17.9. The molecule has 2 rings (SSSR count). The van der Waals surface area contributed by atoms with E-state index in [4.69, 9.17) is 10.2 Å². The van der Waals surface area contributed by atoms with Crippen molar-refractivity contribution in [3.63, 3.8) is 0 Å². The molecule has 0 aliphatic heterocycles. The van der Waals surface area contributed by atoms with Crippen LogP contribution in [0.3, 0.4) is 0 Å². The lowest BCUT2D eigenvalue weighted by Crippen LogP contribution is -2.33. The number of anilines is 1. The van der Waals surface area contributed by atoms with Crippen LogP contribution in [0, 0.1) is 5.92 Å². The van der Waals surface area contributed by atoms with Crippen molar-refractivity contribution in [2.75, 3.05) is 18.1 Å². The fourth-order valence-electron chi connectivity index (χ4n) is 1.96. The molecule has 102 valence electrons. The van der Waals surface area contributed by atoms with Crippen LogP contribution in [0.15, 0.2) is 24.3 Å². The van der Waals surface area contributed by atoms with Crippen LogP contribution in [0.5, 0.6) is 0 Å². The van der Waals surface area contributed by atoms with Gasteiger partial charge in [0.1, 0.15) is 0 Å². The molecule has 5 nitrogen and oxygen atoms in total. The minimum atomic E-state index is -0.996. The first-order valence-electron chi connectivity index (χ1n) is 6.36. The van der Waals surface area contributed by atoms with E-state index >= 15 is 0 Å². The third-order valence-corrected chi connectivity index (χ3v) is 3.21. The highest BCUT2D eigenvalue weighted by atomic mass is 16.4. The van der Waals surface area contributed by atoms with E-state index in [9.17, 15) is 9.59 Å². The maximum Gasteiger partial charge on any atom is 0.335 e. The molecule has 0 heterocycles. The number of carboxylic acids is 1. The molecular formula is C14H17NO4. The quantitative estimate of drug-likeness (QED) is 0.815. The maximum atomic E-state index is 12.1. The zero-order chi connectivity index (χ0) is 13.8. The number of aliphatic hydroxyl groups is 1. The van der Waals surface area contributed by atoms with Crippen LogP contribution in [0.25, 0.3) is 0 Å². The van der Waals surface area contributed by atoms with Crippen molar-refractivity contribution in [3.8, 4) is 0 Å². The molecule has 0 spiro atoms. The smallest absolute Gasteiger partial charge is 0.335 e. The monoisotopic (exact) mass is 263 g/mol. The van der Waals surface area contributed by atoms with E-state index in [-0.39, 0.29) is 24.6 Å². The fraction of sp³-hybridized carbons (Fsp3) is 0.429. The lowest BCUT2D eigenvalue weighted by Gasteiger charge is -2.22. The molecule has 0 atom stereocenters. The topological polar surface area (TPSA) is 77.8 Å². The number of amides is 1. The highest BCUT2D eigenvalue weighted by molar-refractivity contribution is 5.94. The van der Waals surface area contributed by atoms with Gasteiger partial charge in [0.05, 0.1) is 12.2 Å². The second-order valence-corrected chi connectivity index (χ2v) is 4.77. The van der Waals surface area contributed by atoms with Crippen molar-refractivity contribution in [2.24, 2.45) is 5.92 Å². The van der Waals surface area contributed by atoms with Gasteiger partial charge in [-0.25, -0.2) is 4.79 Å². The zero-order valence-corrected chi connectivity index (χ0v) is 10.6. The number of rotatable bonds is 6. The van der Waals surface area contributed by atoms with E-state index in [1.807, 2.05) is 0 Å². The van der Waals surface area contributed by atoms with Crippen molar-refractivity contribution < 1.29 is 19.8 Å². The van der Waals surface area contributed by atoms with Crippen LogP contribution in [0.4, 0.5) is 5.69 Å². The summed E-state index contributed by atoms with van der Waals surface area (Å²) >= 11 is 0. The van der Waals surface area contributed by atoms with Crippen molar-refractivity contribution in [1.29, 1.82) is 0 Å². The Balaban J connectivity index is 2.12. The molecule has 1 aliphatic carbocycles. The highest BCUT2D eigenvalue weighted by Gasteiger charge is 2.27. The SMILES string of the molecule is O=C(O)c1ccc(N(CCO)C(=O)CC2CC2)cc1. The van der Waals surface area contributed by atoms with Gasteiger partial charge in [-0.3, -0.25) is 4.79 Å². The van der Waals surface area contributed by atoms with Crippen molar-refractivity contribution in [1.82, 2.24) is 0 Å². The summed E-state index contributed by atoms with van der Waals surface area (Å²) < 4.78 is 0. The van der Waals surface area contributed by atoms with Crippen LogP contribution in [-0.4, -0.2) is 35.2 Å². The van der Waals surface area contributed by atoms with E-state index in [1.165, 1.54) is 17.0 Å². The van der Waals surface area contributed by atoms with Crippen LogP contribution in [0.2, 0.25) is 0 Å². The molecule has 0 aromatic heterocycles. The molecule has 1 aliphatic rings.